The first-order valence-electron chi connectivity index (χ1n) is 9.59. The Hall–Kier alpha value is -3.54. The summed E-state index contributed by atoms with van der Waals surface area (Å²) in [6.07, 6.45) is 4.07. The monoisotopic (exact) mass is 389 g/mol. The molecule has 0 spiro atoms. The van der Waals surface area contributed by atoms with Gasteiger partial charge in [-0.2, -0.15) is 0 Å². The minimum atomic E-state index is -0.224. The number of carbonyl (C=O) groups is 1. The van der Waals surface area contributed by atoms with Gasteiger partial charge in [0.2, 0.25) is 0 Å². The van der Waals surface area contributed by atoms with Crippen LogP contribution in [0.5, 0.6) is 5.75 Å². The van der Waals surface area contributed by atoms with E-state index in [1.807, 2.05) is 41.8 Å². The van der Waals surface area contributed by atoms with Gasteiger partial charge >= 0.3 is 0 Å². The Morgan fingerprint density at radius 2 is 2.00 bits per heavy atom. The summed E-state index contributed by atoms with van der Waals surface area (Å²) < 4.78 is 13.3. The molecule has 1 amide bonds. The Kier molecular flexibility index (Phi) is 5.08. The Balaban J connectivity index is 1.70. The molecular weight excluding hydrogens is 366 g/mol. The molecule has 29 heavy (non-hydrogen) atoms. The number of hydrogen-bond acceptors (Lipinski definition) is 4. The summed E-state index contributed by atoms with van der Waals surface area (Å²) in [6.45, 7) is 4.54. The van der Waals surface area contributed by atoms with Gasteiger partial charge in [0.25, 0.3) is 5.91 Å². The van der Waals surface area contributed by atoms with Crippen LogP contribution in [0.3, 0.4) is 0 Å². The van der Waals surface area contributed by atoms with Gasteiger partial charge in [0.1, 0.15) is 12.4 Å². The van der Waals surface area contributed by atoms with Gasteiger partial charge in [-0.15, -0.1) is 0 Å². The third kappa shape index (κ3) is 3.49. The zero-order chi connectivity index (χ0) is 20.4. The first-order chi connectivity index (χ1) is 14.1. The Morgan fingerprint density at radius 3 is 2.72 bits per heavy atom. The van der Waals surface area contributed by atoms with Gasteiger partial charge in [-0.1, -0.05) is 31.2 Å². The molecule has 3 aromatic heterocycles. The number of aryl methyl sites for hydroxylation is 2. The van der Waals surface area contributed by atoms with E-state index in [9.17, 15) is 4.79 Å². The number of amides is 1. The van der Waals surface area contributed by atoms with E-state index < -0.39 is 0 Å². The molecule has 0 radical (unpaired) electrons. The Bertz CT molecular complexity index is 1150. The summed E-state index contributed by atoms with van der Waals surface area (Å²) in [5.74, 6) is 1.45. The number of nitrogens with zero attached hydrogens (tertiary/aromatic N) is 3. The van der Waals surface area contributed by atoms with E-state index in [4.69, 9.17) is 14.1 Å². The lowest BCUT2D eigenvalue weighted by atomic mass is 10.1. The Morgan fingerprint density at radius 1 is 1.17 bits per heavy atom. The van der Waals surface area contributed by atoms with Gasteiger partial charge in [0.15, 0.2) is 17.2 Å². The lowest BCUT2D eigenvalue weighted by Gasteiger charge is -2.17. The summed E-state index contributed by atoms with van der Waals surface area (Å²) in [6, 6.07) is 15.3. The van der Waals surface area contributed by atoms with Crippen molar-refractivity contribution in [1.82, 2.24) is 9.38 Å². The quantitative estimate of drug-likeness (QED) is 0.481. The molecule has 0 saturated carbocycles. The lowest BCUT2D eigenvalue weighted by molar-refractivity contribution is 0.0965. The highest BCUT2D eigenvalue weighted by molar-refractivity contribution is 6.03. The van der Waals surface area contributed by atoms with Crippen LogP contribution in [0.25, 0.3) is 5.65 Å². The van der Waals surface area contributed by atoms with Crippen molar-refractivity contribution in [3.8, 4) is 5.75 Å². The average molecular weight is 389 g/mol. The third-order valence-electron chi connectivity index (χ3n) is 4.99. The zero-order valence-electron chi connectivity index (χ0n) is 16.8. The molecule has 0 aliphatic carbocycles. The third-order valence-corrected chi connectivity index (χ3v) is 4.99. The molecule has 0 bridgehead atoms. The maximum Gasteiger partial charge on any atom is 0.294 e. The molecule has 0 aliphatic rings. The smallest absolute Gasteiger partial charge is 0.294 e. The predicted octanol–water partition coefficient (Wildman–Crippen LogP) is 4.65. The molecule has 0 unspecified atom stereocenters. The number of benzene rings is 1. The number of aromatic nitrogens is 2. The van der Waals surface area contributed by atoms with Crippen LogP contribution in [0, 0.1) is 6.92 Å². The molecule has 0 saturated heterocycles. The van der Waals surface area contributed by atoms with Gasteiger partial charge in [0.05, 0.1) is 12.0 Å². The van der Waals surface area contributed by atoms with Crippen molar-refractivity contribution >= 4 is 17.4 Å². The number of hydrogen-bond donors (Lipinski definition) is 0. The van der Waals surface area contributed by atoms with Crippen LogP contribution >= 0.6 is 0 Å². The topological polar surface area (TPSA) is 60.0 Å². The van der Waals surface area contributed by atoms with Crippen molar-refractivity contribution in [2.24, 2.45) is 0 Å². The van der Waals surface area contributed by atoms with Crippen LogP contribution in [0.4, 0.5) is 5.82 Å². The summed E-state index contributed by atoms with van der Waals surface area (Å²) >= 11 is 0. The second-order valence-electron chi connectivity index (χ2n) is 6.86. The van der Waals surface area contributed by atoms with Crippen LogP contribution in [-0.2, 0) is 13.0 Å². The molecule has 0 N–H and O–H groups in total. The number of imidazole rings is 1. The predicted molar refractivity (Wildman–Crippen MR) is 112 cm³/mol. The largest absolute Gasteiger partial charge is 0.485 e. The van der Waals surface area contributed by atoms with E-state index in [0.29, 0.717) is 30.2 Å². The molecule has 0 fully saturated rings. The van der Waals surface area contributed by atoms with E-state index in [1.54, 1.807) is 24.1 Å². The fourth-order valence-electron chi connectivity index (χ4n) is 3.37. The fourth-order valence-corrected chi connectivity index (χ4v) is 3.37. The van der Waals surface area contributed by atoms with Gasteiger partial charge in [-0.3, -0.25) is 14.1 Å². The number of furan rings is 1. The standard InChI is InChI=1S/C23H23N3O3/c1-4-18-22(25(3)23(27)20-12-8-14-28-20)26-13-7-11-19(21(26)24-18)29-15-17-10-6-5-9-16(17)2/h5-14H,4,15H2,1-3H3. The second kappa shape index (κ2) is 7.83. The van der Waals surface area contributed by atoms with Crippen molar-refractivity contribution in [2.45, 2.75) is 26.9 Å². The minimum absolute atomic E-state index is 0.224. The summed E-state index contributed by atoms with van der Waals surface area (Å²) in [4.78, 5) is 19.1. The van der Waals surface area contributed by atoms with Crippen molar-refractivity contribution < 1.29 is 13.9 Å². The molecular formula is C23H23N3O3. The number of pyridine rings is 1. The summed E-state index contributed by atoms with van der Waals surface area (Å²) in [5.41, 5.74) is 3.81. The van der Waals surface area contributed by atoms with E-state index in [1.165, 1.54) is 11.8 Å². The van der Waals surface area contributed by atoms with Gasteiger partial charge in [0, 0.05) is 13.2 Å². The van der Waals surface area contributed by atoms with Crippen LogP contribution in [0.2, 0.25) is 0 Å². The maximum atomic E-state index is 12.8. The second-order valence-corrected chi connectivity index (χ2v) is 6.86. The van der Waals surface area contributed by atoms with Crippen molar-refractivity contribution in [3.05, 3.63) is 83.6 Å². The fraction of sp³-hybridized carbons (Fsp3) is 0.217. The highest BCUT2D eigenvalue weighted by atomic mass is 16.5. The normalized spacial score (nSPS) is 11.0. The van der Waals surface area contributed by atoms with E-state index in [2.05, 4.69) is 19.1 Å². The summed E-state index contributed by atoms with van der Waals surface area (Å²) in [7, 11) is 1.73. The van der Waals surface area contributed by atoms with Gasteiger partial charge in [-0.25, -0.2) is 4.98 Å². The maximum absolute atomic E-state index is 12.8. The van der Waals surface area contributed by atoms with E-state index in [-0.39, 0.29) is 11.7 Å². The Labute approximate surface area is 169 Å². The molecule has 6 heteroatoms. The van der Waals surface area contributed by atoms with E-state index in [0.717, 1.165) is 11.3 Å². The number of anilines is 1. The summed E-state index contributed by atoms with van der Waals surface area (Å²) in [5, 5.41) is 0. The highest BCUT2D eigenvalue weighted by Gasteiger charge is 2.24. The number of fused-ring (bicyclic) bond motifs is 1. The average Bonchev–Trinajstić information content (AvgIpc) is 3.40. The zero-order valence-corrected chi connectivity index (χ0v) is 16.8. The van der Waals surface area contributed by atoms with E-state index >= 15 is 0 Å². The highest BCUT2D eigenvalue weighted by Crippen LogP contribution is 2.29. The molecule has 4 aromatic rings. The molecule has 6 nitrogen and oxygen atoms in total. The molecule has 4 rings (SSSR count). The lowest BCUT2D eigenvalue weighted by Crippen LogP contribution is -2.28. The van der Waals surface area contributed by atoms with Crippen LogP contribution in [0.15, 0.2) is 65.4 Å². The van der Waals surface area contributed by atoms with Crippen molar-refractivity contribution in [1.29, 1.82) is 0 Å². The van der Waals surface area contributed by atoms with Crippen molar-refractivity contribution in [2.75, 3.05) is 11.9 Å². The van der Waals surface area contributed by atoms with Crippen LogP contribution in [-0.4, -0.2) is 22.3 Å². The minimum Gasteiger partial charge on any atom is -0.485 e. The van der Waals surface area contributed by atoms with Crippen molar-refractivity contribution in [3.63, 3.8) is 0 Å². The number of ether oxygens (including phenoxy) is 1. The first-order valence-corrected chi connectivity index (χ1v) is 9.59. The first kappa shape index (κ1) is 18.8. The van der Waals surface area contributed by atoms with Crippen LogP contribution in [0.1, 0.15) is 34.3 Å². The van der Waals surface area contributed by atoms with Gasteiger partial charge < -0.3 is 9.15 Å². The van der Waals surface area contributed by atoms with Gasteiger partial charge in [-0.05, 0) is 48.7 Å². The molecule has 1 aromatic carbocycles. The SMILES string of the molecule is CCc1nc2c(OCc3ccccc3C)cccn2c1N(C)C(=O)c1ccco1. The van der Waals surface area contributed by atoms with Crippen LogP contribution < -0.4 is 9.64 Å². The number of carbonyl (C=O) groups excluding carboxylic acids is 1. The number of rotatable bonds is 6. The molecule has 0 aliphatic heterocycles. The molecule has 148 valence electrons. The molecule has 3 heterocycles. The molecule has 0 atom stereocenters.